The van der Waals surface area contributed by atoms with E-state index in [9.17, 15) is 4.79 Å². The number of carbonyl (C=O) groups is 1. The second-order valence-electron chi connectivity index (χ2n) is 4.29. The molecule has 0 aromatic heterocycles. The van der Waals surface area contributed by atoms with Gasteiger partial charge in [-0.3, -0.25) is 4.90 Å². The molecule has 0 unspecified atom stereocenters. The predicted octanol–water partition coefficient (Wildman–Crippen LogP) is 2.66. The minimum atomic E-state index is -0.306. The molecule has 0 spiro atoms. The highest BCUT2D eigenvalue weighted by Gasteiger charge is 2.23. The SMILES string of the molecule is O=C(OCc1ccccc1)N1C=CC2=C(C1)SCN2. The van der Waals surface area contributed by atoms with Crippen LogP contribution >= 0.6 is 11.8 Å². The zero-order valence-corrected chi connectivity index (χ0v) is 11.2. The van der Waals surface area contributed by atoms with Crippen molar-refractivity contribution in [3.05, 3.63) is 58.8 Å². The van der Waals surface area contributed by atoms with E-state index in [1.54, 1.807) is 22.9 Å². The normalized spacial score (nSPS) is 17.2. The first-order valence-electron chi connectivity index (χ1n) is 6.08. The van der Waals surface area contributed by atoms with E-state index in [2.05, 4.69) is 5.32 Å². The molecule has 1 aromatic carbocycles. The molecule has 2 heterocycles. The van der Waals surface area contributed by atoms with Gasteiger partial charge in [0.2, 0.25) is 0 Å². The lowest BCUT2D eigenvalue weighted by Gasteiger charge is -2.21. The minimum absolute atomic E-state index is 0.306. The fourth-order valence-corrected chi connectivity index (χ4v) is 2.89. The molecular formula is C14H14N2O2S. The lowest BCUT2D eigenvalue weighted by molar-refractivity contribution is 0.113. The number of thioether (sulfide) groups is 1. The van der Waals surface area contributed by atoms with Gasteiger partial charge in [0.15, 0.2) is 0 Å². The number of nitrogens with one attached hydrogen (secondary N) is 1. The lowest BCUT2D eigenvalue weighted by atomic mass is 10.2. The van der Waals surface area contributed by atoms with E-state index in [1.807, 2.05) is 36.4 Å². The van der Waals surface area contributed by atoms with E-state index in [1.165, 1.54) is 4.91 Å². The maximum absolute atomic E-state index is 12.0. The van der Waals surface area contributed by atoms with Crippen molar-refractivity contribution in [2.24, 2.45) is 0 Å². The summed E-state index contributed by atoms with van der Waals surface area (Å²) in [6.07, 6.45) is 3.38. The molecule has 0 fully saturated rings. The van der Waals surface area contributed by atoms with Crippen LogP contribution in [0.15, 0.2) is 53.2 Å². The van der Waals surface area contributed by atoms with E-state index in [4.69, 9.17) is 4.74 Å². The number of rotatable bonds is 2. The van der Waals surface area contributed by atoms with Gasteiger partial charge in [0.1, 0.15) is 6.61 Å². The number of amides is 1. The number of carbonyl (C=O) groups excluding carboxylic acids is 1. The van der Waals surface area contributed by atoms with E-state index in [-0.39, 0.29) is 6.09 Å². The molecule has 0 aliphatic carbocycles. The van der Waals surface area contributed by atoms with Crippen LogP contribution < -0.4 is 5.32 Å². The summed E-state index contributed by atoms with van der Waals surface area (Å²) in [6, 6.07) is 9.69. The van der Waals surface area contributed by atoms with E-state index in [0.29, 0.717) is 13.2 Å². The Morgan fingerprint density at radius 1 is 1.37 bits per heavy atom. The highest BCUT2D eigenvalue weighted by molar-refractivity contribution is 8.03. The molecule has 1 aromatic rings. The maximum Gasteiger partial charge on any atom is 0.414 e. The smallest absolute Gasteiger partial charge is 0.414 e. The molecule has 1 N–H and O–H groups in total. The Kier molecular flexibility index (Phi) is 3.46. The highest BCUT2D eigenvalue weighted by Crippen LogP contribution is 2.29. The number of hydrogen-bond acceptors (Lipinski definition) is 4. The van der Waals surface area contributed by atoms with E-state index in [0.717, 1.165) is 17.1 Å². The summed E-state index contributed by atoms with van der Waals surface area (Å²) in [6.45, 7) is 0.901. The van der Waals surface area contributed by atoms with Crippen molar-refractivity contribution in [3.63, 3.8) is 0 Å². The predicted molar refractivity (Wildman–Crippen MR) is 75.1 cm³/mol. The fourth-order valence-electron chi connectivity index (χ4n) is 1.96. The third kappa shape index (κ3) is 2.76. The molecule has 3 rings (SSSR count). The van der Waals surface area contributed by atoms with Gasteiger partial charge in [-0.2, -0.15) is 0 Å². The molecule has 2 aliphatic heterocycles. The minimum Gasteiger partial charge on any atom is -0.444 e. The first kappa shape index (κ1) is 12.2. The van der Waals surface area contributed by atoms with Gasteiger partial charge in [-0.25, -0.2) is 4.79 Å². The van der Waals surface area contributed by atoms with Gasteiger partial charge in [0, 0.05) is 16.8 Å². The van der Waals surface area contributed by atoms with Crippen molar-refractivity contribution in [1.29, 1.82) is 0 Å². The number of allylic oxidation sites excluding steroid dienone is 1. The molecule has 1 amide bonds. The number of hydrogen-bond donors (Lipinski definition) is 1. The highest BCUT2D eigenvalue weighted by atomic mass is 32.2. The second-order valence-corrected chi connectivity index (χ2v) is 5.36. The Bertz CT molecular complexity index is 540. The van der Waals surface area contributed by atoms with Gasteiger partial charge in [0.05, 0.1) is 12.4 Å². The number of nitrogens with zero attached hydrogens (tertiary/aromatic N) is 1. The molecule has 0 bridgehead atoms. The molecule has 98 valence electrons. The fraction of sp³-hybridized carbons (Fsp3) is 0.214. The summed E-state index contributed by atoms with van der Waals surface area (Å²) in [5, 5.41) is 3.25. The summed E-state index contributed by atoms with van der Waals surface area (Å²) in [4.78, 5) is 14.8. The van der Waals surface area contributed by atoms with Gasteiger partial charge in [-0.05, 0) is 11.6 Å². The zero-order valence-electron chi connectivity index (χ0n) is 10.3. The van der Waals surface area contributed by atoms with E-state index < -0.39 is 0 Å². The van der Waals surface area contributed by atoms with Gasteiger partial charge in [-0.1, -0.05) is 30.3 Å². The third-order valence-corrected chi connectivity index (χ3v) is 3.97. The van der Waals surface area contributed by atoms with Crippen LogP contribution in [0.4, 0.5) is 4.79 Å². The Hall–Kier alpha value is -1.88. The quantitative estimate of drug-likeness (QED) is 0.900. The molecule has 4 nitrogen and oxygen atoms in total. The first-order chi connectivity index (χ1) is 9.33. The van der Waals surface area contributed by atoms with Crippen molar-refractivity contribution in [1.82, 2.24) is 10.2 Å². The molecule has 0 saturated carbocycles. The van der Waals surface area contributed by atoms with Crippen molar-refractivity contribution in [2.75, 3.05) is 12.4 Å². The van der Waals surface area contributed by atoms with Gasteiger partial charge >= 0.3 is 6.09 Å². The van der Waals surface area contributed by atoms with Crippen molar-refractivity contribution >= 4 is 17.9 Å². The van der Waals surface area contributed by atoms with Gasteiger partial charge in [0.25, 0.3) is 0 Å². The van der Waals surface area contributed by atoms with E-state index >= 15 is 0 Å². The molecule has 19 heavy (non-hydrogen) atoms. The topological polar surface area (TPSA) is 41.6 Å². The van der Waals surface area contributed by atoms with Crippen molar-refractivity contribution in [3.8, 4) is 0 Å². The Balaban J connectivity index is 1.56. The van der Waals surface area contributed by atoms with Gasteiger partial charge < -0.3 is 10.1 Å². The third-order valence-electron chi connectivity index (χ3n) is 2.98. The van der Waals surface area contributed by atoms with Crippen LogP contribution in [0.3, 0.4) is 0 Å². The van der Waals surface area contributed by atoms with Crippen molar-refractivity contribution in [2.45, 2.75) is 6.61 Å². The summed E-state index contributed by atoms with van der Waals surface area (Å²) in [7, 11) is 0. The number of ether oxygens (including phenoxy) is 1. The lowest BCUT2D eigenvalue weighted by Crippen LogP contribution is -2.30. The molecule has 0 radical (unpaired) electrons. The van der Waals surface area contributed by atoms with Gasteiger partial charge in [-0.15, -0.1) is 11.8 Å². The Labute approximate surface area is 116 Å². The zero-order chi connectivity index (χ0) is 13.1. The van der Waals surface area contributed by atoms with Crippen molar-refractivity contribution < 1.29 is 9.53 Å². The summed E-state index contributed by atoms with van der Waals surface area (Å²) in [5.74, 6) is 0.877. The maximum atomic E-state index is 12.0. The Morgan fingerprint density at radius 2 is 2.21 bits per heavy atom. The standard InChI is InChI=1S/C14H14N2O2S/c17-14(18-9-11-4-2-1-3-5-11)16-7-6-12-13(8-16)19-10-15-12/h1-7,15H,8-10H2. The van der Waals surface area contributed by atoms with Crippen LogP contribution in [0.2, 0.25) is 0 Å². The average molecular weight is 274 g/mol. The largest absolute Gasteiger partial charge is 0.444 e. The average Bonchev–Trinajstić information content (AvgIpc) is 2.93. The molecular weight excluding hydrogens is 260 g/mol. The molecule has 0 atom stereocenters. The summed E-state index contributed by atoms with van der Waals surface area (Å²) < 4.78 is 5.30. The van der Waals surface area contributed by atoms with Crippen LogP contribution in [-0.2, 0) is 11.3 Å². The summed E-state index contributed by atoms with van der Waals surface area (Å²) >= 11 is 1.73. The number of benzene rings is 1. The molecule has 0 saturated heterocycles. The Morgan fingerprint density at radius 3 is 3.05 bits per heavy atom. The molecule has 5 heteroatoms. The summed E-state index contributed by atoms with van der Waals surface area (Å²) in [5.41, 5.74) is 2.12. The van der Waals surface area contributed by atoms with Crippen LogP contribution in [0.5, 0.6) is 0 Å². The monoisotopic (exact) mass is 274 g/mol. The first-order valence-corrected chi connectivity index (χ1v) is 7.07. The van der Waals surface area contributed by atoms with Crippen LogP contribution in [-0.4, -0.2) is 23.4 Å². The second kappa shape index (κ2) is 5.40. The molecule has 2 aliphatic rings. The van der Waals surface area contributed by atoms with Crippen LogP contribution in [0, 0.1) is 0 Å². The van der Waals surface area contributed by atoms with Crippen LogP contribution in [0.1, 0.15) is 5.56 Å². The van der Waals surface area contributed by atoms with Crippen LogP contribution in [0.25, 0.3) is 0 Å².